The lowest BCUT2D eigenvalue weighted by Gasteiger charge is -2.49. The number of carbonyl (C=O) groups excluding carboxylic acids is 4. The molecule has 2 aliphatic heterocycles. The average molecular weight is 687 g/mol. The predicted octanol–water partition coefficient (Wildman–Crippen LogP) is 2.02. The van der Waals surface area contributed by atoms with Gasteiger partial charge in [-0.05, 0) is 48.4 Å². The minimum absolute atomic E-state index is 0.111. The molecule has 1 saturated heterocycles. The number of aromatic nitrogens is 2. The number of fused-ring (bicyclic) bond motifs is 1. The van der Waals surface area contributed by atoms with Crippen LogP contribution in [0, 0.1) is 6.92 Å². The average Bonchev–Trinajstić information content (AvgIpc) is 3.46. The number of imide groups is 1. The minimum atomic E-state index is -1.44. The fourth-order valence-corrected chi connectivity index (χ4v) is 7.95. The number of phenols is 3. The Kier molecular flexibility index (Phi) is 9.40. The number of rotatable bonds is 9. The maximum absolute atomic E-state index is 13.6. The summed E-state index contributed by atoms with van der Waals surface area (Å²) in [6, 6.07) is 5.01. The number of hydrogen-bond acceptors (Lipinski definition) is 13. The molecule has 240 valence electrons. The molecule has 18 heteroatoms. The zero-order valence-electron chi connectivity index (χ0n) is 24.0. The molecule has 5 amide bonds. The van der Waals surface area contributed by atoms with E-state index in [0.29, 0.717) is 14.8 Å². The number of aromatic hydroxyl groups is 3. The number of phenolic OH excluding ortho intramolecular Hbond substituents is 3. The van der Waals surface area contributed by atoms with Crippen LogP contribution in [0.1, 0.15) is 27.0 Å². The number of benzene rings is 2. The summed E-state index contributed by atoms with van der Waals surface area (Å²) in [5, 5.41) is 52.1. The maximum atomic E-state index is 13.6. The Balaban J connectivity index is 1.31. The number of aryl methyl sites for hydroxylation is 1. The first kappa shape index (κ1) is 32.6. The van der Waals surface area contributed by atoms with Gasteiger partial charge in [-0.15, -0.1) is 22.0 Å². The number of carboxylic acid groups (broad SMARTS) is 1. The van der Waals surface area contributed by atoms with E-state index in [1.54, 1.807) is 6.92 Å². The van der Waals surface area contributed by atoms with Gasteiger partial charge in [0.2, 0.25) is 5.91 Å². The van der Waals surface area contributed by atoms with Crippen molar-refractivity contribution in [2.75, 3.05) is 18.6 Å². The number of carbonyl (C=O) groups is 5. The van der Waals surface area contributed by atoms with Crippen molar-refractivity contribution in [2.45, 2.75) is 28.7 Å². The van der Waals surface area contributed by atoms with E-state index >= 15 is 0 Å². The van der Waals surface area contributed by atoms with Crippen molar-refractivity contribution in [1.82, 2.24) is 30.6 Å². The van der Waals surface area contributed by atoms with Crippen LogP contribution in [0.4, 0.5) is 4.79 Å². The molecule has 0 bridgehead atoms. The van der Waals surface area contributed by atoms with Gasteiger partial charge in [-0.25, -0.2) is 9.59 Å². The Labute approximate surface area is 273 Å². The van der Waals surface area contributed by atoms with E-state index in [1.807, 2.05) is 0 Å². The minimum Gasteiger partial charge on any atom is -0.508 e. The molecule has 3 heterocycles. The molecule has 2 unspecified atom stereocenters. The quantitative estimate of drug-likeness (QED) is 0.108. The molecule has 46 heavy (non-hydrogen) atoms. The maximum Gasteiger partial charge on any atom is 0.352 e. The molecule has 1 fully saturated rings. The summed E-state index contributed by atoms with van der Waals surface area (Å²) in [4.78, 5) is 66.9. The highest BCUT2D eigenvalue weighted by molar-refractivity contribution is 8.01. The van der Waals surface area contributed by atoms with Gasteiger partial charge < -0.3 is 31.1 Å². The van der Waals surface area contributed by atoms with Gasteiger partial charge in [0.15, 0.2) is 15.8 Å². The molecule has 6 N–H and O–H groups in total. The Bertz CT molecular complexity index is 1760. The lowest BCUT2D eigenvalue weighted by atomic mass is 10.0. The number of hydrogen-bond donors (Lipinski definition) is 6. The van der Waals surface area contributed by atoms with Crippen molar-refractivity contribution >= 4 is 64.6 Å². The fraction of sp³-hybridized carbons (Fsp3) is 0.250. The number of carboxylic acids is 1. The normalized spacial score (nSPS) is 17.9. The lowest BCUT2D eigenvalue weighted by Crippen LogP contribution is -2.71. The Morgan fingerprint density at radius 1 is 1.09 bits per heavy atom. The van der Waals surface area contributed by atoms with Crippen LogP contribution >= 0.6 is 34.9 Å². The summed E-state index contributed by atoms with van der Waals surface area (Å²) in [6.45, 7) is 1.80. The zero-order chi connectivity index (χ0) is 33.3. The van der Waals surface area contributed by atoms with Gasteiger partial charge >= 0.3 is 12.0 Å². The Hall–Kier alpha value is -4.81. The zero-order valence-corrected chi connectivity index (χ0v) is 26.5. The van der Waals surface area contributed by atoms with Crippen molar-refractivity contribution in [2.24, 2.45) is 0 Å². The van der Waals surface area contributed by atoms with E-state index < -0.39 is 58.7 Å². The van der Waals surface area contributed by atoms with Gasteiger partial charge in [0, 0.05) is 24.1 Å². The second-order valence-corrected chi connectivity index (χ2v) is 13.6. The molecule has 0 radical (unpaired) electrons. The van der Waals surface area contributed by atoms with Gasteiger partial charge in [0.25, 0.3) is 11.8 Å². The van der Waals surface area contributed by atoms with E-state index in [-0.39, 0.29) is 34.1 Å². The number of thioether (sulfide) groups is 2. The summed E-state index contributed by atoms with van der Waals surface area (Å²) in [5.74, 6) is -4.19. The van der Waals surface area contributed by atoms with Gasteiger partial charge in [0.05, 0.1) is 0 Å². The van der Waals surface area contributed by atoms with Crippen molar-refractivity contribution in [3.8, 4) is 17.2 Å². The smallest absolute Gasteiger partial charge is 0.352 e. The van der Waals surface area contributed by atoms with Gasteiger partial charge in [0.1, 0.15) is 33.9 Å². The standard InChI is InChI=1S/C28H26N6O9S3/c1-12-31-32-28(46-12)45-11-15-10-44-25-20(24(40)34(25)21(15)26(41)42)29-22(38)19(13-3-6-16(35)7-4-13)30-27(43)33(2)23(39)14-5-8-17(36)18(37)9-14/h3-9,19-20,25,35-37H,10-11H2,1-2H3,(H,29,38)(H,30,43)(H,41,42)/t19?,20?,25-/m0/s1. The van der Waals surface area contributed by atoms with Crippen molar-refractivity contribution < 1.29 is 44.4 Å². The number of nitrogens with one attached hydrogen (secondary N) is 2. The van der Waals surface area contributed by atoms with Crippen molar-refractivity contribution in [1.29, 1.82) is 0 Å². The van der Waals surface area contributed by atoms with Crippen molar-refractivity contribution in [3.05, 3.63) is 69.9 Å². The predicted molar refractivity (Wildman–Crippen MR) is 166 cm³/mol. The third kappa shape index (κ3) is 6.58. The Morgan fingerprint density at radius 3 is 2.43 bits per heavy atom. The molecule has 5 rings (SSSR count). The van der Waals surface area contributed by atoms with E-state index in [4.69, 9.17) is 0 Å². The van der Waals surface area contributed by atoms with E-state index in [1.165, 1.54) is 65.2 Å². The molecule has 3 aromatic rings. The first-order valence-corrected chi connectivity index (χ1v) is 16.2. The number of aliphatic carboxylic acids is 1. The van der Waals surface area contributed by atoms with Gasteiger partial charge in [-0.2, -0.15) is 0 Å². The Morgan fingerprint density at radius 2 is 1.80 bits per heavy atom. The lowest BCUT2D eigenvalue weighted by molar-refractivity contribution is -0.151. The summed E-state index contributed by atoms with van der Waals surface area (Å²) in [7, 11) is 1.14. The molecule has 0 aliphatic carbocycles. The highest BCUT2D eigenvalue weighted by Crippen LogP contribution is 2.42. The number of urea groups is 1. The number of β-lactam (4-membered cyclic amide) rings is 1. The van der Waals surface area contributed by atoms with E-state index in [0.717, 1.165) is 29.1 Å². The topological polar surface area (TPSA) is 223 Å². The molecular formula is C28H26N6O9S3. The second-order valence-electron chi connectivity index (χ2n) is 10.1. The van der Waals surface area contributed by atoms with Crippen LogP contribution < -0.4 is 10.6 Å². The molecule has 0 spiro atoms. The summed E-state index contributed by atoms with van der Waals surface area (Å²) in [6.07, 6.45) is 0. The van der Waals surface area contributed by atoms with Crippen LogP contribution in [0.2, 0.25) is 0 Å². The monoisotopic (exact) mass is 686 g/mol. The van der Waals surface area contributed by atoms with Gasteiger partial charge in [-0.3, -0.25) is 24.2 Å². The van der Waals surface area contributed by atoms with Crippen LogP contribution in [0.25, 0.3) is 0 Å². The van der Waals surface area contributed by atoms with E-state index in [9.17, 15) is 44.4 Å². The third-order valence-electron chi connectivity index (χ3n) is 7.01. The van der Waals surface area contributed by atoms with Crippen LogP contribution in [0.15, 0.2) is 58.1 Å². The largest absolute Gasteiger partial charge is 0.508 e. The first-order valence-electron chi connectivity index (χ1n) is 13.4. The van der Waals surface area contributed by atoms with Gasteiger partial charge in [-0.1, -0.05) is 35.2 Å². The molecule has 1 aromatic heterocycles. The first-order chi connectivity index (χ1) is 21.8. The molecule has 2 aliphatic rings. The van der Waals surface area contributed by atoms with Crippen LogP contribution in [-0.2, 0) is 14.4 Å². The van der Waals surface area contributed by atoms with Crippen LogP contribution in [0.5, 0.6) is 17.2 Å². The second kappa shape index (κ2) is 13.3. The molecule has 3 atom stereocenters. The highest BCUT2D eigenvalue weighted by atomic mass is 32.2. The van der Waals surface area contributed by atoms with Crippen LogP contribution in [0.3, 0.4) is 0 Å². The fourth-order valence-electron chi connectivity index (χ4n) is 4.65. The molecule has 15 nitrogen and oxygen atoms in total. The number of nitrogens with zero attached hydrogens (tertiary/aromatic N) is 4. The van der Waals surface area contributed by atoms with E-state index in [2.05, 4.69) is 20.8 Å². The summed E-state index contributed by atoms with van der Waals surface area (Å²) in [5.41, 5.74) is 0.459. The SMILES string of the molecule is Cc1nnc(SCC2=C(C(=O)O)N3C(=O)C(NC(=O)C(NC(=O)N(C)C(=O)c4ccc(O)c(O)c4)c4ccc(O)cc4)[C@@H]3SC2)s1. The molecular weight excluding hydrogens is 661 g/mol. The summed E-state index contributed by atoms with van der Waals surface area (Å²) >= 11 is 3.96. The highest BCUT2D eigenvalue weighted by Gasteiger charge is 2.54. The van der Waals surface area contributed by atoms with Crippen LogP contribution in [-0.4, -0.2) is 100 Å². The molecule has 0 saturated carbocycles. The number of amides is 5. The van der Waals surface area contributed by atoms with Crippen molar-refractivity contribution in [3.63, 3.8) is 0 Å². The summed E-state index contributed by atoms with van der Waals surface area (Å²) < 4.78 is 0.665. The molecule has 2 aromatic carbocycles. The third-order valence-corrected chi connectivity index (χ3v) is 10.4.